The van der Waals surface area contributed by atoms with Crippen molar-refractivity contribution in [2.75, 3.05) is 7.11 Å². The highest BCUT2D eigenvalue weighted by Gasteiger charge is 2.16. The molecule has 0 spiro atoms. The molecule has 156 valence electrons. The Morgan fingerprint density at radius 3 is 2.63 bits per heavy atom. The molecule has 0 atom stereocenters. The van der Waals surface area contributed by atoms with E-state index in [9.17, 15) is 15.0 Å². The van der Waals surface area contributed by atoms with Gasteiger partial charge in [-0.15, -0.1) is 0 Å². The zero-order chi connectivity index (χ0) is 21.4. The predicted molar refractivity (Wildman–Crippen MR) is 106 cm³/mol. The predicted octanol–water partition coefficient (Wildman–Crippen LogP) is 1.96. The zero-order valence-electron chi connectivity index (χ0n) is 16.7. The molecule has 0 aliphatic rings. The number of nitrogens with zero attached hydrogens (tertiary/aromatic N) is 5. The minimum atomic E-state index is -0.431. The van der Waals surface area contributed by atoms with Crippen molar-refractivity contribution in [3.63, 3.8) is 0 Å². The normalized spacial score (nSPS) is 11.2. The summed E-state index contributed by atoms with van der Waals surface area (Å²) in [6.45, 7) is 4.28. The summed E-state index contributed by atoms with van der Waals surface area (Å²) < 4.78 is 14.4. The molecule has 1 aromatic carbocycles. The van der Waals surface area contributed by atoms with Gasteiger partial charge >= 0.3 is 5.69 Å². The Labute approximate surface area is 171 Å². The molecule has 2 N–H and O–H groups in total. The largest absolute Gasteiger partial charge is 0.504 e. The van der Waals surface area contributed by atoms with Crippen molar-refractivity contribution in [1.82, 2.24) is 24.1 Å². The molecule has 0 saturated heterocycles. The summed E-state index contributed by atoms with van der Waals surface area (Å²) in [5, 5.41) is 28.5. The fraction of sp³-hybridized carbons (Fsp3) is 0.250. The van der Waals surface area contributed by atoms with Crippen molar-refractivity contribution in [2.24, 2.45) is 0 Å². The van der Waals surface area contributed by atoms with E-state index in [4.69, 9.17) is 9.26 Å². The number of phenols is 1. The smallest absolute Gasteiger partial charge is 0.336 e. The number of rotatable bonds is 6. The molecule has 10 heteroatoms. The highest BCUT2D eigenvalue weighted by Crippen LogP contribution is 2.26. The maximum Gasteiger partial charge on any atom is 0.336 e. The quantitative estimate of drug-likeness (QED) is 0.497. The molecular formula is C20H21N5O5. The summed E-state index contributed by atoms with van der Waals surface area (Å²) in [5.41, 5.74) is 2.37. The van der Waals surface area contributed by atoms with Crippen molar-refractivity contribution in [2.45, 2.75) is 26.9 Å². The van der Waals surface area contributed by atoms with Crippen LogP contribution < -0.4 is 10.4 Å². The van der Waals surface area contributed by atoms with E-state index in [2.05, 4.69) is 10.3 Å². The second-order valence-corrected chi connectivity index (χ2v) is 6.94. The Bertz CT molecular complexity index is 1240. The number of hydrogen-bond donors (Lipinski definition) is 2. The highest BCUT2D eigenvalue weighted by atomic mass is 16.5. The standard InChI is InChI=1S/C20H21N5O5/c1-12-16(13(2)30-22-12)10-24-9-15(7-21-24)25-19(27)11-23(20(25)28)8-14-4-5-18(29-3)17(26)6-14/h4-7,9,11,26-27H,8,10H2,1-3H3. The lowest BCUT2D eigenvalue weighted by Gasteiger charge is -2.06. The van der Waals surface area contributed by atoms with Crippen molar-refractivity contribution in [3.8, 4) is 23.1 Å². The monoisotopic (exact) mass is 411 g/mol. The van der Waals surface area contributed by atoms with Gasteiger partial charge in [0.15, 0.2) is 11.5 Å². The van der Waals surface area contributed by atoms with Crippen LogP contribution in [0.1, 0.15) is 22.6 Å². The fourth-order valence-electron chi connectivity index (χ4n) is 3.31. The minimum Gasteiger partial charge on any atom is -0.504 e. The van der Waals surface area contributed by atoms with Crippen molar-refractivity contribution >= 4 is 0 Å². The van der Waals surface area contributed by atoms with E-state index >= 15 is 0 Å². The molecular weight excluding hydrogens is 390 g/mol. The first kappa shape index (κ1) is 19.4. The number of phenolic OH excluding ortho intramolecular Hbond substituents is 1. The first-order valence-electron chi connectivity index (χ1n) is 9.19. The van der Waals surface area contributed by atoms with Crippen LogP contribution in [-0.4, -0.2) is 41.4 Å². The third-order valence-corrected chi connectivity index (χ3v) is 4.91. The first-order valence-corrected chi connectivity index (χ1v) is 9.19. The second kappa shape index (κ2) is 7.47. The summed E-state index contributed by atoms with van der Waals surface area (Å²) in [7, 11) is 1.46. The molecule has 0 fully saturated rings. The van der Waals surface area contributed by atoms with Crippen LogP contribution in [0.25, 0.3) is 5.69 Å². The van der Waals surface area contributed by atoms with Crippen LogP contribution in [-0.2, 0) is 13.1 Å². The average molecular weight is 411 g/mol. The number of benzene rings is 1. The molecule has 0 aliphatic heterocycles. The number of aromatic nitrogens is 5. The van der Waals surface area contributed by atoms with Gasteiger partial charge in [0, 0.05) is 11.8 Å². The molecule has 3 heterocycles. The summed E-state index contributed by atoms with van der Waals surface area (Å²) in [5.74, 6) is 0.817. The molecule has 0 bridgehead atoms. The van der Waals surface area contributed by atoms with E-state index < -0.39 is 5.69 Å². The van der Waals surface area contributed by atoms with E-state index in [-0.39, 0.29) is 18.2 Å². The number of methoxy groups -OCH3 is 1. The Morgan fingerprint density at radius 2 is 1.97 bits per heavy atom. The van der Waals surface area contributed by atoms with Gasteiger partial charge in [-0.2, -0.15) is 5.10 Å². The summed E-state index contributed by atoms with van der Waals surface area (Å²) in [4.78, 5) is 12.9. The average Bonchev–Trinajstić information content (AvgIpc) is 3.37. The highest BCUT2D eigenvalue weighted by molar-refractivity contribution is 5.42. The first-order chi connectivity index (χ1) is 14.4. The molecule has 0 aliphatic carbocycles. The van der Waals surface area contributed by atoms with Crippen LogP contribution >= 0.6 is 0 Å². The van der Waals surface area contributed by atoms with E-state index in [1.807, 2.05) is 13.8 Å². The minimum absolute atomic E-state index is 0.0210. The van der Waals surface area contributed by atoms with Crippen LogP contribution in [0.4, 0.5) is 0 Å². The zero-order valence-corrected chi connectivity index (χ0v) is 16.7. The van der Waals surface area contributed by atoms with E-state index in [0.717, 1.165) is 11.3 Å². The Balaban J connectivity index is 1.61. The topological polar surface area (TPSA) is 120 Å². The third kappa shape index (κ3) is 3.43. The Morgan fingerprint density at radius 1 is 1.17 bits per heavy atom. The van der Waals surface area contributed by atoms with Gasteiger partial charge in [-0.05, 0) is 31.5 Å². The van der Waals surface area contributed by atoms with Crippen molar-refractivity contribution in [1.29, 1.82) is 0 Å². The van der Waals surface area contributed by atoms with Crippen LogP contribution in [0.3, 0.4) is 0 Å². The van der Waals surface area contributed by atoms with Gasteiger partial charge in [-0.25, -0.2) is 9.36 Å². The third-order valence-electron chi connectivity index (χ3n) is 4.91. The van der Waals surface area contributed by atoms with E-state index in [0.29, 0.717) is 29.3 Å². The summed E-state index contributed by atoms with van der Waals surface area (Å²) in [6.07, 6.45) is 4.51. The van der Waals surface area contributed by atoms with Crippen molar-refractivity contribution in [3.05, 3.63) is 69.9 Å². The maximum atomic E-state index is 12.9. The number of ether oxygens (including phenoxy) is 1. The number of hydrogen-bond acceptors (Lipinski definition) is 7. The van der Waals surface area contributed by atoms with Gasteiger partial charge in [0.2, 0.25) is 5.88 Å². The number of aryl methyl sites for hydroxylation is 2. The molecule has 4 aromatic rings. The van der Waals surface area contributed by atoms with Gasteiger partial charge in [0.05, 0.1) is 44.0 Å². The van der Waals surface area contributed by atoms with Gasteiger partial charge in [-0.1, -0.05) is 11.2 Å². The van der Waals surface area contributed by atoms with Crippen LogP contribution in [0, 0.1) is 13.8 Å². The van der Waals surface area contributed by atoms with E-state index in [1.54, 1.807) is 23.0 Å². The van der Waals surface area contributed by atoms with E-state index in [1.165, 1.54) is 34.7 Å². The summed E-state index contributed by atoms with van der Waals surface area (Å²) in [6, 6.07) is 4.87. The summed E-state index contributed by atoms with van der Waals surface area (Å²) >= 11 is 0. The second-order valence-electron chi connectivity index (χ2n) is 6.94. The molecule has 0 amide bonds. The fourth-order valence-corrected chi connectivity index (χ4v) is 3.31. The number of aromatic hydroxyl groups is 2. The SMILES string of the molecule is COc1ccc(Cn2cc(O)n(-c3cnn(Cc4c(C)noc4C)c3)c2=O)cc1O. The number of imidazole rings is 1. The molecule has 0 unspecified atom stereocenters. The Hall–Kier alpha value is -3.95. The van der Waals surface area contributed by atoms with Gasteiger partial charge < -0.3 is 19.5 Å². The van der Waals surface area contributed by atoms with Gasteiger partial charge in [0.1, 0.15) is 5.76 Å². The molecule has 4 rings (SSSR count). The molecule has 3 aromatic heterocycles. The van der Waals surface area contributed by atoms with Crippen LogP contribution in [0.15, 0.2) is 46.1 Å². The lowest BCUT2D eigenvalue weighted by Crippen LogP contribution is -2.23. The molecule has 0 saturated carbocycles. The van der Waals surface area contributed by atoms with Crippen LogP contribution in [0.5, 0.6) is 17.4 Å². The van der Waals surface area contributed by atoms with Gasteiger partial charge in [0.25, 0.3) is 0 Å². The molecule has 10 nitrogen and oxygen atoms in total. The Kier molecular flexibility index (Phi) is 4.82. The van der Waals surface area contributed by atoms with Gasteiger partial charge in [-0.3, -0.25) is 9.25 Å². The lowest BCUT2D eigenvalue weighted by molar-refractivity contribution is 0.373. The molecule has 0 radical (unpaired) electrons. The van der Waals surface area contributed by atoms with Crippen molar-refractivity contribution < 1.29 is 19.5 Å². The lowest BCUT2D eigenvalue weighted by atomic mass is 10.2. The maximum absolute atomic E-state index is 12.9. The molecule has 30 heavy (non-hydrogen) atoms. The van der Waals surface area contributed by atoms with Crippen LogP contribution in [0.2, 0.25) is 0 Å².